The molecule has 2 aromatic carbocycles. The maximum absolute atomic E-state index is 14.7. The van der Waals surface area contributed by atoms with Crippen LogP contribution in [0.2, 0.25) is 0 Å². The largest absolute Gasteiger partial charge is 0.480 e. The average molecular weight is 747 g/mol. The van der Waals surface area contributed by atoms with Crippen LogP contribution < -0.4 is 27.4 Å². The van der Waals surface area contributed by atoms with Gasteiger partial charge in [0, 0.05) is 39.4 Å². The molecule has 2 heterocycles. The monoisotopic (exact) mass is 746 g/mol. The number of fused-ring (bicyclic) bond motifs is 1. The lowest BCUT2D eigenvalue weighted by Gasteiger charge is -2.40. The number of carboxylic acid groups (broad SMARTS) is 1. The van der Waals surface area contributed by atoms with Crippen molar-refractivity contribution in [2.45, 2.75) is 109 Å². The van der Waals surface area contributed by atoms with Crippen LogP contribution in [0.5, 0.6) is 0 Å². The molecule has 0 radical (unpaired) electrons. The van der Waals surface area contributed by atoms with Crippen molar-refractivity contribution >= 4 is 41.5 Å². The molecule has 1 fully saturated rings. The van der Waals surface area contributed by atoms with E-state index in [0.717, 1.165) is 16.7 Å². The molecule has 1 saturated heterocycles. The third-order valence-electron chi connectivity index (χ3n) is 10.2. The lowest BCUT2D eigenvalue weighted by atomic mass is 9.91. The summed E-state index contributed by atoms with van der Waals surface area (Å²) in [4.78, 5) is 88.0. The van der Waals surface area contributed by atoms with Gasteiger partial charge in [0.15, 0.2) is 5.96 Å². The third-order valence-corrected chi connectivity index (χ3v) is 10.2. The molecule has 0 bridgehead atoms. The van der Waals surface area contributed by atoms with Gasteiger partial charge in [0.1, 0.15) is 30.2 Å². The van der Waals surface area contributed by atoms with Crippen molar-refractivity contribution < 1.29 is 33.9 Å². The summed E-state index contributed by atoms with van der Waals surface area (Å²) >= 11 is 0. The Morgan fingerprint density at radius 2 is 1.54 bits per heavy atom. The second-order valence-corrected chi connectivity index (χ2v) is 14.2. The van der Waals surface area contributed by atoms with Gasteiger partial charge in [-0.1, -0.05) is 74.9 Å². The number of amides is 5. The molecule has 2 aliphatic rings. The van der Waals surface area contributed by atoms with Crippen LogP contribution >= 0.6 is 0 Å². The van der Waals surface area contributed by atoms with Crippen molar-refractivity contribution in [3.63, 3.8) is 0 Å². The Balaban J connectivity index is 1.68. The van der Waals surface area contributed by atoms with E-state index in [1.54, 1.807) is 0 Å². The molecule has 5 amide bonds. The number of hydrogen-bond acceptors (Lipinski definition) is 7. The van der Waals surface area contributed by atoms with Crippen molar-refractivity contribution in [1.29, 1.82) is 0 Å². The average Bonchev–Trinajstić information content (AvgIpc) is 3.16. The van der Waals surface area contributed by atoms with Crippen LogP contribution in [-0.2, 0) is 48.2 Å². The van der Waals surface area contributed by atoms with E-state index >= 15 is 0 Å². The molecular weight excluding hydrogens is 692 g/mol. The second-order valence-electron chi connectivity index (χ2n) is 14.2. The van der Waals surface area contributed by atoms with Gasteiger partial charge in [-0.15, -0.1) is 0 Å². The van der Waals surface area contributed by atoms with Crippen LogP contribution in [0.4, 0.5) is 0 Å². The quantitative estimate of drug-likeness (QED) is 0.0823. The molecule has 8 N–H and O–H groups in total. The van der Waals surface area contributed by atoms with Gasteiger partial charge >= 0.3 is 5.97 Å². The van der Waals surface area contributed by atoms with E-state index in [4.69, 9.17) is 11.5 Å². The van der Waals surface area contributed by atoms with E-state index in [1.807, 2.05) is 68.4 Å². The Bertz CT molecular complexity index is 1680. The molecule has 54 heavy (non-hydrogen) atoms. The number of likely N-dealkylation sites (tertiary alicyclic amines) is 1. The van der Waals surface area contributed by atoms with Crippen molar-refractivity contribution in [3.05, 3.63) is 71.3 Å². The number of benzene rings is 2. The molecule has 2 aromatic rings. The number of guanidine groups is 1. The highest BCUT2D eigenvalue weighted by Gasteiger charge is 2.41. The lowest BCUT2D eigenvalue weighted by molar-refractivity contribution is -0.153. The molecule has 0 aliphatic carbocycles. The Hall–Kier alpha value is -5.47. The minimum absolute atomic E-state index is 0.0539. The Kier molecular flexibility index (Phi) is 15.0. The summed E-state index contributed by atoms with van der Waals surface area (Å²) < 4.78 is 0. The van der Waals surface area contributed by atoms with E-state index in [2.05, 4.69) is 20.9 Å². The number of aliphatic carboxylic acids is 1. The van der Waals surface area contributed by atoms with Crippen LogP contribution in [-0.4, -0.2) is 99.7 Å². The molecule has 0 unspecified atom stereocenters. The van der Waals surface area contributed by atoms with Gasteiger partial charge in [-0.2, -0.15) is 0 Å². The Labute approximate surface area is 316 Å². The van der Waals surface area contributed by atoms with Crippen LogP contribution in [0.1, 0.15) is 76.0 Å². The molecule has 15 nitrogen and oxygen atoms in total. The molecule has 292 valence electrons. The number of nitrogens with one attached hydrogen (secondary N) is 3. The highest BCUT2D eigenvalue weighted by molar-refractivity contribution is 5.96. The number of carbonyl (C=O) groups excluding carboxylic acids is 5. The zero-order valence-corrected chi connectivity index (χ0v) is 31.3. The zero-order valence-electron chi connectivity index (χ0n) is 31.3. The smallest absolute Gasteiger partial charge is 0.326 e. The van der Waals surface area contributed by atoms with Gasteiger partial charge in [0.2, 0.25) is 29.5 Å². The van der Waals surface area contributed by atoms with Crippen LogP contribution in [0, 0.1) is 5.92 Å². The maximum Gasteiger partial charge on any atom is 0.326 e. The second kappa shape index (κ2) is 19.6. The third kappa shape index (κ3) is 11.0. The number of aliphatic imine (C=N–C) groups is 1. The van der Waals surface area contributed by atoms with Crippen molar-refractivity contribution in [3.8, 4) is 0 Å². The lowest BCUT2D eigenvalue weighted by Crippen LogP contribution is -2.62. The highest BCUT2D eigenvalue weighted by atomic mass is 16.4. The molecule has 15 heteroatoms. The van der Waals surface area contributed by atoms with Crippen LogP contribution in [0.3, 0.4) is 0 Å². The molecule has 4 rings (SSSR count). The van der Waals surface area contributed by atoms with E-state index in [0.29, 0.717) is 32.1 Å². The van der Waals surface area contributed by atoms with Gasteiger partial charge in [0.25, 0.3) is 0 Å². The van der Waals surface area contributed by atoms with Gasteiger partial charge < -0.3 is 42.3 Å². The van der Waals surface area contributed by atoms with Gasteiger partial charge in [-0.05, 0) is 54.7 Å². The number of piperidine rings is 1. The summed E-state index contributed by atoms with van der Waals surface area (Å²) in [5, 5.41) is 18.4. The minimum Gasteiger partial charge on any atom is -0.480 e. The predicted molar refractivity (Wildman–Crippen MR) is 202 cm³/mol. The highest BCUT2D eigenvalue weighted by Crippen LogP contribution is 2.26. The normalized spacial score (nSPS) is 18.9. The van der Waals surface area contributed by atoms with Crippen molar-refractivity contribution in [2.75, 3.05) is 13.1 Å². The number of carbonyl (C=O) groups is 6. The minimum atomic E-state index is -1.11. The molecule has 0 saturated carbocycles. The van der Waals surface area contributed by atoms with E-state index in [9.17, 15) is 33.9 Å². The van der Waals surface area contributed by atoms with Crippen molar-refractivity contribution in [2.24, 2.45) is 22.4 Å². The molecule has 0 spiro atoms. The molecular formula is C39H54N8O7. The number of carboxylic acids is 1. The first-order valence-corrected chi connectivity index (χ1v) is 18.7. The fourth-order valence-corrected chi connectivity index (χ4v) is 7.10. The van der Waals surface area contributed by atoms with E-state index in [-0.39, 0.29) is 50.8 Å². The maximum atomic E-state index is 14.7. The summed E-state index contributed by atoms with van der Waals surface area (Å²) in [5.74, 6) is -4.02. The molecule has 6 atom stereocenters. The summed E-state index contributed by atoms with van der Waals surface area (Å²) in [6, 6.07) is 11.3. The summed E-state index contributed by atoms with van der Waals surface area (Å²) in [6.45, 7) is 5.52. The number of hydrogen-bond donors (Lipinski definition) is 6. The van der Waals surface area contributed by atoms with Gasteiger partial charge in [-0.25, -0.2) is 4.79 Å². The summed E-state index contributed by atoms with van der Waals surface area (Å²) in [6.07, 6.45) is 2.89. The van der Waals surface area contributed by atoms with Gasteiger partial charge in [-0.3, -0.25) is 29.0 Å². The number of nitrogens with zero attached hydrogens (tertiary/aromatic N) is 3. The SMILES string of the molecule is CC[C@H](C)[C@H](NC(C)=O)C(=O)N[C@@H](CCCN=C(N)N)C(=O)N1Cc2ccccc2C[C@H]1C(=O)N[C@@H](Cc1ccccc1)C(=O)N1CCCC[C@H]1C(=O)O. The van der Waals surface area contributed by atoms with Crippen LogP contribution in [0.15, 0.2) is 59.6 Å². The zero-order chi connectivity index (χ0) is 39.4. The Morgan fingerprint density at radius 1 is 0.870 bits per heavy atom. The predicted octanol–water partition coefficient (Wildman–Crippen LogP) is 1.22. The Morgan fingerprint density at radius 3 is 2.19 bits per heavy atom. The standard InChI is InChI=1S/C39H54N8O7/c1-4-24(2)33(43-25(3)48)35(50)44-29(17-12-19-42-39(40)41)36(51)47-23-28-16-9-8-15-27(28)22-32(47)34(49)45-30(21-26-13-6-5-7-14-26)37(52)46-20-11-10-18-31(46)38(53)54/h5-9,13-16,24,29-33H,4,10-12,17-23H2,1-3H3,(H,43,48)(H,44,50)(H,45,49)(H,53,54)(H4,40,41,42)/t24-,29-,30-,31-,32-,33-/m0/s1. The van der Waals surface area contributed by atoms with Crippen molar-refractivity contribution in [1.82, 2.24) is 25.8 Å². The molecule has 0 aromatic heterocycles. The van der Waals surface area contributed by atoms with E-state index in [1.165, 1.54) is 16.7 Å². The first-order chi connectivity index (χ1) is 25.8. The topological polar surface area (TPSA) is 230 Å². The molecule has 2 aliphatic heterocycles. The number of nitrogens with two attached hydrogens (primary N) is 2. The first kappa shape index (κ1) is 41.3. The fourth-order valence-electron chi connectivity index (χ4n) is 7.10. The summed E-state index contributed by atoms with van der Waals surface area (Å²) in [7, 11) is 0. The fraction of sp³-hybridized carbons (Fsp3) is 0.513. The first-order valence-electron chi connectivity index (χ1n) is 18.7. The summed E-state index contributed by atoms with van der Waals surface area (Å²) in [5.41, 5.74) is 13.5. The number of rotatable bonds is 16. The van der Waals surface area contributed by atoms with E-state index < -0.39 is 65.7 Å². The van der Waals surface area contributed by atoms with Gasteiger partial charge in [0.05, 0.1) is 0 Å². The van der Waals surface area contributed by atoms with Crippen LogP contribution in [0.25, 0.3) is 0 Å².